The number of hydrogen-bond donors (Lipinski definition) is 1. The molecule has 1 aromatic carbocycles. The van der Waals surface area contributed by atoms with Crippen molar-refractivity contribution in [3.63, 3.8) is 0 Å². The minimum Gasteiger partial charge on any atom is -0.340 e. The Morgan fingerprint density at radius 1 is 1.27 bits per heavy atom. The van der Waals surface area contributed by atoms with E-state index in [-0.39, 0.29) is 12.4 Å². The maximum Gasteiger partial charge on any atom is 0.223 e. The van der Waals surface area contributed by atoms with Crippen LogP contribution in [0.5, 0.6) is 0 Å². The molecule has 1 amide bonds. The van der Waals surface area contributed by atoms with Gasteiger partial charge in [-0.15, -0.1) is 12.4 Å². The van der Waals surface area contributed by atoms with Crippen LogP contribution in [0.4, 0.5) is 0 Å². The van der Waals surface area contributed by atoms with Gasteiger partial charge in [0.05, 0.1) is 0 Å². The van der Waals surface area contributed by atoms with Crippen LogP contribution in [-0.4, -0.2) is 36.5 Å². The summed E-state index contributed by atoms with van der Waals surface area (Å²) >= 11 is 5.89. The minimum atomic E-state index is 0. The van der Waals surface area contributed by atoms with Crippen LogP contribution in [0.3, 0.4) is 0 Å². The minimum absolute atomic E-state index is 0. The van der Waals surface area contributed by atoms with Crippen molar-refractivity contribution < 1.29 is 4.79 Å². The van der Waals surface area contributed by atoms with Crippen LogP contribution in [0.2, 0.25) is 5.02 Å². The number of nitrogens with zero attached hydrogens (tertiary/aromatic N) is 1. The van der Waals surface area contributed by atoms with Gasteiger partial charge in [-0.1, -0.05) is 30.7 Å². The average Bonchev–Trinajstić information content (AvgIpc) is 2.52. The standard InChI is InChI=1S/C17H25ClN2O.ClH/c1-2-13-20(16-9-11-19-12-10-16)17(21)8-5-14-3-6-15(18)7-4-14;/h3-4,6-7,16,19H,2,5,8-13H2,1H3;1H. The fraction of sp³-hybridized carbons (Fsp3) is 0.588. The van der Waals surface area contributed by atoms with Crippen LogP contribution in [0.15, 0.2) is 24.3 Å². The highest BCUT2D eigenvalue weighted by Gasteiger charge is 2.24. The molecule has 0 unspecified atom stereocenters. The van der Waals surface area contributed by atoms with E-state index >= 15 is 0 Å². The van der Waals surface area contributed by atoms with Crippen molar-refractivity contribution in [2.75, 3.05) is 19.6 Å². The van der Waals surface area contributed by atoms with E-state index in [4.69, 9.17) is 11.6 Å². The Balaban J connectivity index is 0.00000242. The molecular weight excluding hydrogens is 319 g/mol. The fourth-order valence-electron chi connectivity index (χ4n) is 2.92. The number of rotatable bonds is 6. The summed E-state index contributed by atoms with van der Waals surface area (Å²) in [6.07, 6.45) is 4.56. The van der Waals surface area contributed by atoms with Gasteiger partial charge in [-0.2, -0.15) is 0 Å². The van der Waals surface area contributed by atoms with E-state index in [2.05, 4.69) is 17.1 Å². The molecule has 1 aliphatic heterocycles. The summed E-state index contributed by atoms with van der Waals surface area (Å²) in [6, 6.07) is 8.20. The smallest absolute Gasteiger partial charge is 0.223 e. The summed E-state index contributed by atoms with van der Waals surface area (Å²) < 4.78 is 0. The van der Waals surface area contributed by atoms with E-state index in [1.165, 1.54) is 5.56 Å². The molecule has 3 nitrogen and oxygen atoms in total. The molecule has 0 bridgehead atoms. The molecule has 0 radical (unpaired) electrons. The van der Waals surface area contributed by atoms with Crippen molar-refractivity contribution in [3.05, 3.63) is 34.9 Å². The van der Waals surface area contributed by atoms with Gasteiger partial charge in [-0.3, -0.25) is 4.79 Å². The second-order valence-corrected chi connectivity index (χ2v) is 6.13. The van der Waals surface area contributed by atoms with Crippen molar-refractivity contribution in [1.82, 2.24) is 10.2 Å². The van der Waals surface area contributed by atoms with Gasteiger partial charge >= 0.3 is 0 Å². The Morgan fingerprint density at radius 2 is 1.91 bits per heavy atom. The van der Waals surface area contributed by atoms with E-state index in [0.29, 0.717) is 18.4 Å². The molecule has 1 saturated heterocycles. The first-order chi connectivity index (χ1) is 10.2. The van der Waals surface area contributed by atoms with Gasteiger partial charge in [0, 0.05) is 24.0 Å². The Kier molecular flexibility index (Phi) is 8.84. The first-order valence-corrected chi connectivity index (χ1v) is 8.33. The summed E-state index contributed by atoms with van der Waals surface area (Å²) in [5.41, 5.74) is 1.18. The Bertz CT molecular complexity index is 444. The lowest BCUT2D eigenvalue weighted by Crippen LogP contribution is -2.46. The molecule has 0 aliphatic carbocycles. The molecule has 0 saturated carbocycles. The summed E-state index contributed by atoms with van der Waals surface area (Å²) in [5, 5.41) is 4.11. The number of halogens is 2. The third kappa shape index (κ3) is 5.79. The average molecular weight is 345 g/mol. The van der Waals surface area contributed by atoms with Gasteiger partial charge < -0.3 is 10.2 Å². The van der Waals surface area contributed by atoms with Crippen LogP contribution in [0, 0.1) is 0 Å². The maximum absolute atomic E-state index is 12.6. The summed E-state index contributed by atoms with van der Waals surface area (Å²) in [5.74, 6) is 0.290. The van der Waals surface area contributed by atoms with Crippen molar-refractivity contribution in [1.29, 1.82) is 0 Å². The lowest BCUT2D eigenvalue weighted by Gasteiger charge is -2.34. The van der Waals surface area contributed by atoms with Crippen LogP contribution < -0.4 is 5.32 Å². The van der Waals surface area contributed by atoms with Crippen LogP contribution in [0.1, 0.15) is 38.2 Å². The molecule has 124 valence electrons. The second-order valence-electron chi connectivity index (χ2n) is 5.69. The van der Waals surface area contributed by atoms with E-state index in [1.54, 1.807) is 0 Å². The molecule has 0 aromatic heterocycles. The molecule has 5 heteroatoms. The zero-order valence-electron chi connectivity index (χ0n) is 13.2. The van der Waals surface area contributed by atoms with Gasteiger partial charge in [0.25, 0.3) is 0 Å². The third-order valence-electron chi connectivity index (χ3n) is 4.08. The predicted molar refractivity (Wildman–Crippen MR) is 94.9 cm³/mol. The van der Waals surface area contributed by atoms with Crippen molar-refractivity contribution in [3.8, 4) is 0 Å². The van der Waals surface area contributed by atoms with Gasteiger partial charge in [-0.25, -0.2) is 0 Å². The van der Waals surface area contributed by atoms with E-state index in [1.807, 2.05) is 24.3 Å². The molecule has 1 aliphatic rings. The van der Waals surface area contributed by atoms with Crippen LogP contribution >= 0.6 is 24.0 Å². The monoisotopic (exact) mass is 344 g/mol. The highest BCUT2D eigenvalue weighted by molar-refractivity contribution is 6.30. The fourth-order valence-corrected chi connectivity index (χ4v) is 3.04. The molecule has 1 fully saturated rings. The number of aryl methyl sites for hydroxylation is 1. The lowest BCUT2D eigenvalue weighted by atomic mass is 10.0. The molecule has 1 aromatic rings. The Hall–Kier alpha value is -0.770. The highest BCUT2D eigenvalue weighted by atomic mass is 35.5. The number of piperidine rings is 1. The Morgan fingerprint density at radius 3 is 2.50 bits per heavy atom. The number of amides is 1. The second kappa shape index (κ2) is 10.1. The first kappa shape index (κ1) is 19.3. The SMILES string of the molecule is CCCN(C(=O)CCc1ccc(Cl)cc1)C1CCNCC1.Cl. The number of carbonyl (C=O) groups is 1. The van der Waals surface area contributed by atoms with Gasteiger partial charge in [0.2, 0.25) is 5.91 Å². The Labute approximate surface area is 144 Å². The van der Waals surface area contributed by atoms with Crippen molar-refractivity contribution in [2.45, 2.75) is 45.1 Å². The normalized spacial score (nSPS) is 15.2. The topological polar surface area (TPSA) is 32.3 Å². The molecular formula is C17H26Cl2N2O. The molecule has 1 heterocycles. The highest BCUT2D eigenvalue weighted by Crippen LogP contribution is 2.16. The molecule has 0 spiro atoms. The number of hydrogen-bond acceptors (Lipinski definition) is 2. The van der Waals surface area contributed by atoms with Gasteiger partial charge in [-0.05, 0) is 56.5 Å². The van der Waals surface area contributed by atoms with Crippen molar-refractivity contribution in [2.24, 2.45) is 0 Å². The van der Waals surface area contributed by atoms with E-state index < -0.39 is 0 Å². The molecule has 0 atom stereocenters. The third-order valence-corrected chi connectivity index (χ3v) is 4.33. The van der Waals surface area contributed by atoms with E-state index in [9.17, 15) is 4.79 Å². The maximum atomic E-state index is 12.6. The molecule has 2 rings (SSSR count). The van der Waals surface area contributed by atoms with Gasteiger partial charge in [0.1, 0.15) is 0 Å². The quantitative estimate of drug-likeness (QED) is 0.853. The van der Waals surface area contributed by atoms with Crippen LogP contribution in [-0.2, 0) is 11.2 Å². The first-order valence-electron chi connectivity index (χ1n) is 7.95. The predicted octanol–water partition coefficient (Wildman–Crippen LogP) is 3.69. The summed E-state index contributed by atoms with van der Waals surface area (Å²) in [7, 11) is 0. The van der Waals surface area contributed by atoms with Crippen LogP contribution in [0.25, 0.3) is 0 Å². The number of benzene rings is 1. The van der Waals surface area contributed by atoms with Crippen molar-refractivity contribution >= 4 is 29.9 Å². The summed E-state index contributed by atoms with van der Waals surface area (Å²) in [4.78, 5) is 14.7. The molecule has 1 N–H and O–H groups in total. The summed E-state index contributed by atoms with van der Waals surface area (Å²) in [6.45, 7) is 5.06. The number of nitrogens with one attached hydrogen (secondary N) is 1. The largest absolute Gasteiger partial charge is 0.340 e. The molecule has 22 heavy (non-hydrogen) atoms. The van der Waals surface area contributed by atoms with Gasteiger partial charge in [0.15, 0.2) is 0 Å². The zero-order valence-corrected chi connectivity index (χ0v) is 14.8. The lowest BCUT2D eigenvalue weighted by molar-refractivity contribution is -0.134. The van der Waals surface area contributed by atoms with E-state index in [0.717, 1.165) is 50.3 Å². The number of carbonyl (C=O) groups excluding carboxylic acids is 1. The zero-order chi connectivity index (χ0) is 15.1.